The van der Waals surface area contributed by atoms with Crippen molar-refractivity contribution >= 4 is 27.7 Å². The van der Waals surface area contributed by atoms with Gasteiger partial charge >= 0.3 is 0 Å². The molecule has 0 spiro atoms. The van der Waals surface area contributed by atoms with E-state index >= 15 is 0 Å². The minimum atomic E-state index is -0.193. The second kappa shape index (κ2) is 7.60. The SMILES string of the molecule is O=C(Nc1nc(-c2ccc(Br)cc2)[nH]c1-c1ccccc1)c1ccccc1. The number of H-pyrrole nitrogens is 1. The van der Waals surface area contributed by atoms with Crippen molar-refractivity contribution in [3.05, 3.63) is 95.0 Å². The average molecular weight is 418 g/mol. The molecule has 0 fully saturated rings. The maximum Gasteiger partial charge on any atom is 0.256 e. The van der Waals surface area contributed by atoms with Crippen LogP contribution in [-0.4, -0.2) is 15.9 Å². The summed E-state index contributed by atoms with van der Waals surface area (Å²) in [6, 6.07) is 26.8. The molecule has 0 saturated heterocycles. The first-order valence-corrected chi connectivity index (χ1v) is 9.28. The predicted molar refractivity (Wildman–Crippen MR) is 112 cm³/mol. The summed E-state index contributed by atoms with van der Waals surface area (Å²) in [5, 5.41) is 2.94. The molecule has 0 radical (unpaired) electrons. The molecule has 132 valence electrons. The van der Waals surface area contributed by atoms with Gasteiger partial charge in [-0.15, -0.1) is 0 Å². The number of aromatic nitrogens is 2. The van der Waals surface area contributed by atoms with Gasteiger partial charge in [0.1, 0.15) is 5.82 Å². The van der Waals surface area contributed by atoms with Crippen molar-refractivity contribution in [3.8, 4) is 22.6 Å². The van der Waals surface area contributed by atoms with Crippen LogP contribution in [0, 0.1) is 0 Å². The normalized spacial score (nSPS) is 10.6. The molecule has 1 amide bonds. The van der Waals surface area contributed by atoms with Gasteiger partial charge in [0.05, 0.1) is 5.69 Å². The summed E-state index contributed by atoms with van der Waals surface area (Å²) in [7, 11) is 0. The van der Waals surface area contributed by atoms with Crippen molar-refractivity contribution in [1.82, 2.24) is 9.97 Å². The number of carbonyl (C=O) groups excluding carboxylic acids is 1. The molecule has 2 N–H and O–H groups in total. The molecule has 0 unspecified atom stereocenters. The standard InChI is InChI=1S/C22H16BrN3O/c23-18-13-11-16(12-14-18)20-24-19(15-7-3-1-4-8-15)21(25-20)26-22(27)17-9-5-2-6-10-17/h1-14H,(H,24,25)(H,26,27). The smallest absolute Gasteiger partial charge is 0.256 e. The molecule has 0 aliphatic carbocycles. The number of halogens is 1. The van der Waals surface area contributed by atoms with Gasteiger partial charge < -0.3 is 10.3 Å². The Morgan fingerprint density at radius 1 is 0.815 bits per heavy atom. The molecule has 4 aromatic rings. The van der Waals surface area contributed by atoms with Gasteiger partial charge in [0.2, 0.25) is 0 Å². The van der Waals surface area contributed by atoms with Crippen LogP contribution in [0.2, 0.25) is 0 Å². The van der Waals surface area contributed by atoms with Gasteiger partial charge in [0.15, 0.2) is 5.82 Å². The van der Waals surface area contributed by atoms with Crippen LogP contribution in [0.15, 0.2) is 89.4 Å². The van der Waals surface area contributed by atoms with E-state index < -0.39 is 0 Å². The topological polar surface area (TPSA) is 57.8 Å². The lowest BCUT2D eigenvalue weighted by Gasteiger charge is -2.05. The van der Waals surface area contributed by atoms with Gasteiger partial charge in [0.25, 0.3) is 5.91 Å². The molecule has 0 aliphatic heterocycles. The lowest BCUT2D eigenvalue weighted by molar-refractivity contribution is 0.102. The maximum absolute atomic E-state index is 12.6. The van der Waals surface area contributed by atoms with Gasteiger partial charge in [-0.2, -0.15) is 0 Å². The van der Waals surface area contributed by atoms with Crippen LogP contribution in [0.4, 0.5) is 5.82 Å². The third kappa shape index (κ3) is 3.83. The van der Waals surface area contributed by atoms with Crippen LogP contribution in [0.25, 0.3) is 22.6 Å². The number of imidazole rings is 1. The van der Waals surface area contributed by atoms with Crippen LogP contribution in [-0.2, 0) is 0 Å². The van der Waals surface area contributed by atoms with Crippen molar-refractivity contribution in [2.75, 3.05) is 5.32 Å². The summed E-state index contributed by atoms with van der Waals surface area (Å²) in [5.41, 5.74) is 3.26. The Kier molecular flexibility index (Phi) is 4.85. The Balaban J connectivity index is 1.74. The van der Waals surface area contributed by atoms with Crippen LogP contribution in [0.3, 0.4) is 0 Å². The van der Waals surface area contributed by atoms with Crippen molar-refractivity contribution in [3.63, 3.8) is 0 Å². The second-order valence-electron chi connectivity index (χ2n) is 6.00. The summed E-state index contributed by atoms with van der Waals surface area (Å²) in [4.78, 5) is 20.6. The summed E-state index contributed by atoms with van der Waals surface area (Å²) in [6.07, 6.45) is 0. The van der Waals surface area contributed by atoms with Crippen LogP contribution >= 0.6 is 15.9 Å². The van der Waals surface area contributed by atoms with E-state index in [1.54, 1.807) is 12.1 Å². The van der Waals surface area contributed by atoms with Crippen molar-refractivity contribution in [1.29, 1.82) is 0 Å². The van der Waals surface area contributed by atoms with Crippen molar-refractivity contribution in [2.24, 2.45) is 0 Å². The predicted octanol–water partition coefficient (Wildman–Crippen LogP) is 5.76. The second-order valence-corrected chi connectivity index (χ2v) is 6.92. The zero-order valence-corrected chi connectivity index (χ0v) is 15.9. The third-order valence-electron chi connectivity index (χ3n) is 4.15. The van der Waals surface area contributed by atoms with E-state index in [-0.39, 0.29) is 5.91 Å². The minimum Gasteiger partial charge on any atom is -0.336 e. The van der Waals surface area contributed by atoms with Gasteiger partial charge in [-0.25, -0.2) is 4.98 Å². The monoisotopic (exact) mass is 417 g/mol. The lowest BCUT2D eigenvalue weighted by atomic mass is 10.1. The number of nitrogens with zero attached hydrogens (tertiary/aromatic N) is 1. The number of benzene rings is 3. The first kappa shape index (κ1) is 17.2. The van der Waals surface area contributed by atoms with Crippen molar-refractivity contribution < 1.29 is 4.79 Å². The highest BCUT2D eigenvalue weighted by atomic mass is 79.9. The molecule has 0 saturated carbocycles. The van der Waals surface area contributed by atoms with E-state index in [0.717, 1.165) is 21.3 Å². The Hall–Kier alpha value is -3.18. The largest absolute Gasteiger partial charge is 0.336 e. The molecule has 1 aromatic heterocycles. The lowest BCUT2D eigenvalue weighted by Crippen LogP contribution is -2.12. The first-order valence-electron chi connectivity index (χ1n) is 8.48. The summed E-state index contributed by atoms with van der Waals surface area (Å²) < 4.78 is 0.999. The number of anilines is 1. The minimum absolute atomic E-state index is 0.193. The summed E-state index contributed by atoms with van der Waals surface area (Å²) in [6.45, 7) is 0. The molecular formula is C22H16BrN3O. The van der Waals surface area contributed by atoms with Crippen molar-refractivity contribution in [2.45, 2.75) is 0 Å². The van der Waals surface area contributed by atoms with E-state index in [0.29, 0.717) is 17.2 Å². The highest BCUT2D eigenvalue weighted by molar-refractivity contribution is 9.10. The molecule has 4 nitrogen and oxygen atoms in total. The van der Waals surface area contributed by atoms with Gasteiger partial charge in [-0.3, -0.25) is 4.79 Å². The molecule has 27 heavy (non-hydrogen) atoms. The van der Waals surface area contributed by atoms with Gasteiger partial charge in [0, 0.05) is 21.2 Å². The molecule has 5 heteroatoms. The number of nitrogens with one attached hydrogen (secondary N) is 2. The number of amides is 1. The molecule has 0 bridgehead atoms. The highest BCUT2D eigenvalue weighted by Crippen LogP contribution is 2.30. The molecular weight excluding hydrogens is 402 g/mol. The zero-order valence-electron chi connectivity index (χ0n) is 14.3. The van der Waals surface area contributed by atoms with E-state index in [1.165, 1.54) is 0 Å². The third-order valence-corrected chi connectivity index (χ3v) is 4.68. The van der Waals surface area contributed by atoms with E-state index in [4.69, 9.17) is 0 Å². The number of aromatic amines is 1. The molecule has 0 aliphatic rings. The fourth-order valence-corrected chi connectivity index (χ4v) is 3.06. The average Bonchev–Trinajstić information content (AvgIpc) is 3.13. The Morgan fingerprint density at radius 2 is 1.44 bits per heavy atom. The number of carbonyl (C=O) groups is 1. The Morgan fingerprint density at radius 3 is 2.11 bits per heavy atom. The van der Waals surface area contributed by atoms with Crippen LogP contribution in [0.5, 0.6) is 0 Å². The van der Waals surface area contributed by atoms with E-state index in [9.17, 15) is 4.79 Å². The van der Waals surface area contributed by atoms with Gasteiger partial charge in [-0.05, 0) is 24.3 Å². The fourth-order valence-electron chi connectivity index (χ4n) is 2.79. The Bertz CT molecular complexity index is 1060. The summed E-state index contributed by atoms with van der Waals surface area (Å²) >= 11 is 3.45. The maximum atomic E-state index is 12.6. The molecule has 4 rings (SSSR count). The quantitative estimate of drug-likeness (QED) is 0.443. The fraction of sp³-hybridized carbons (Fsp3) is 0. The Labute approximate surface area is 165 Å². The highest BCUT2D eigenvalue weighted by Gasteiger charge is 2.16. The van der Waals surface area contributed by atoms with Crippen LogP contribution < -0.4 is 5.32 Å². The first-order chi connectivity index (χ1) is 13.2. The number of hydrogen-bond acceptors (Lipinski definition) is 2. The number of rotatable bonds is 4. The molecule has 0 atom stereocenters. The molecule has 3 aromatic carbocycles. The summed E-state index contributed by atoms with van der Waals surface area (Å²) in [5.74, 6) is 1.01. The van der Waals surface area contributed by atoms with Crippen LogP contribution in [0.1, 0.15) is 10.4 Å². The molecule has 1 heterocycles. The van der Waals surface area contributed by atoms with E-state index in [2.05, 4.69) is 31.2 Å². The zero-order chi connectivity index (χ0) is 18.6. The van der Waals surface area contributed by atoms with Gasteiger partial charge in [-0.1, -0.05) is 76.6 Å². The number of hydrogen-bond donors (Lipinski definition) is 2. The van der Waals surface area contributed by atoms with E-state index in [1.807, 2.05) is 72.8 Å².